The highest BCUT2D eigenvalue weighted by molar-refractivity contribution is 7.17. The van der Waals surface area contributed by atoms with Gasteiger partial charge in [0.05, 0.1) is 16.1 Å². The summed E-state index contributed by atoms with van der Waals surface area (Å²) in [6.07, 6.45) is 8.24. The van der Waals surface area contributed by atoms with Crippen LogP contribution in [0.3, 0.4) is 0 Å². The van der Waals surface area contributed by atoms with Crippen LogP contribution in [0.2, 0.25) is 0 Å². The zero-order valence-corrected chi connectivity index (χ0v) is 19.8. The van der Waals surface area contributed by atoms with Gasteiger partial charge in [-0.15, -0.1) is 11.3 Å². The van der Waals surface area contributed by atoms with Crippen molar-refractivity contribution >= 4 is 39.7 Å². The number of carbonyl (C=O) groups excluding carboxylic acids is 2. The van der Waals surface area contributed by atoms with Crippen molar-refractivity contribution in [3.63, 3.8) is 0 Å². The molecule has 0 saturated carbocycles. The van der Waals surface area contributed by atoms with Crippen molar-refractivity contribution in [2.45, 2.75) is 25.7 Å². The fourth-order valence-corrected chi connectivity index (χ4v) is 5.80. The Labute approximate surface area is 205 Å². The van der Waals surface area contributed by atoms with E-state index in [1.54, 1.807) is 24.4 Å². The van der Waals surface area contributed by atoms with Crippen LogP contribution < -0.4 is 10.2 Å². The van der Waals surface area contributed by atoms with Crippen LogP contribution in [-0.2, 0) is 12.8 Å². The number of thiophene rings is 1. The number of fused-ring (bicyclic) bond motifs is 1. The smallest absolute Gasteiger partial charge is 0.287 e. The molecule has 0 bridgehead atoms. The average Bonchev–Trinajstić information content (AvgIpc) is 3.26. The number of nitrogens with zero attached hydrogens (tertiary/aromatic N) is 5. The van der Waals surface area contributed by atoms with E-state index < -0.39 is 4.92 Å². The summed E-state index contributed by atoms with van der Waals surface area (Å²) in [5, 5.41) is 14.5. The number of hydrogen-bond donors (Lipinski definition) is 1. The molecule has 0 atom stereocenters. The minimum absolute atomic E-state index is 0.0503. The largest absolute Gasteiger partial charge is 0.353 e. The third-order valence-corrected chi connectivity index (χ3v) is 7.58. The van der Waals surface area contributed by atoms with E-state index in [-0.39, 0.29) is 17.5 Å². The number of aromatic nitrogens is 2. The zero-order chi connectivity index (χ0) is 24.4. The van der Waals surface area contributed by atoms with Gasteiger partial charge in [0, 0.05) is 49.5 Å². The number of aryl methyl sites for hydroxylation is 1. The molecule has 1 aliphatic heterocycles. The first-order valence-electron chi connectivity index (χ1n) is 11.5. The monoisotopic (exact) mass is 492 g/mol. The lowest BCUT2D eigenvalue weighted by atomic mass is 9.95. The summed E-state index contributed by atoms with van der Waals surface area (Å²) in [5.41, 5.74) is 2.07. The van der Waals surface area contributed by atoms with Gasteiger partial charge in [0.15, 0.2) is 0 Å². The zero-order valence-electron chi connectivity index (χ0n) is 19.0. The first-order valence-corrected chi connectivity index (χ1v) is 12.3. The van der Waals surface area contributed by atoms with Crippen LogP contribution in [0.25, 0.3) is 0 Å². The summed E-state index contributed by atoms with van der Waals surface area (Å²) < 4.78 is 0. The van der Waals surface area contributed by atoms with Crippen LogP contribution in [0.15, 0.2) is 42.9 Å². The molecule has 3 aromatic rings. The van der Waals surface area contributed by atoms with Crippen molar-refractivity contribution < 1.29 is 14.5 Å². The molecule has 0 unspecified atom stereocenters. The Morgan fingerprint density at radius 2 is 1.86 bits per heavy atom. The predicted molar refractivity (Wildman–Crippen MR) is 132 cm³/mol. The molecule has 4 heterocycles. The van der Waals surface area contributed by atoms with Gasteiger partial charge < -0.3 is 15.1 Å². The second-order valence-electron chi connectivity index (χ2n) is 8.52. The Morgan fingerprint density at radius 3 is 2.54 bits per heavy atom. The van der Waals surface area contributed by atoms with E-state index in [0.717, 1.165) is 31.2 Å². The maximum Gasteiger partial charge on any atom is 0.287 e. The maximum absolute atomic E-state index is 13.7. The Bertz CT molecular complexity index is 1250. The minimum atomic E-state index is -0.473. The highest BCUT2D eigenvalue weighted by Crippen LogP contribution is 2.39. The van der Waals surface area contributed by atoms with Gasteiger partial charge in [-0.1, -0.05) is 0 Å². The summed E-state index contributed by atoms with van der Waals surface area (Å²) in [7, 11) is 0. The molecule has 2 aliphatic rings. The van der Waals surface area contributed by atoms with Crippen LogP contribution in [0.5, 0.6) is 0 Å². The van der Waals surface area contributed by atoms with E-state index in [1.807, 2.05) is 9.80 Å². The number of nitro groups is 1. The van der Waals surface area contributed by atoms with Crippen molar-refractivity contribution in [1.29, 1.82) is 0 Å². The van der Waals surface area contributed by atoms with Gasteiger partial charge in [-0.05, 0) is 49.4 Å². The summed E-state index contributed by atoms with van der Waals surface area (Å²) in [6, 6.07) is 6.48. The minimum Gasteiger partial charge on any atom is -0.353 e. The first kappa shape index (κ1) is 22.9. The number of amides is 2. The van der Waals surface area contributed by atoms with Crippen molar-refractivity contribution in [2.24, 2.45) is 0 Å². The van der Waals surface area contributed by atoms with Crippen LogP contribution in [-0.4, -0.2) is 57.8 Å². The molecule has 3 aromatic heterocycles. The molecule has 1 saturated heterocycles. The number of nitrogens with one attached hydrogen (secondary N) is 1. The van der Waals surface area contributed by atoms with E-state index in [4.69, 9.17) is 0 Å². The molecule has 1 N–H and O–H groups in total. The third kappa shape index (κ3) is 4.72. The summed E-state index contributed by atoms with van der Waals surface area (Å²) in [4.78, 5) is 50.1. The predicted octanol–water partition coefficient (Wildman–Crippen LogP) is 3.54. The van der Waals surface area contributed by atoms with E-state index in [1.165, 1.54) is 34.7 Å². The van der Waals surface area contributed by atoms with Crippen LogP contribution >= 0.6 is 11.3 Å². The number of carbonyl (C=O) groups is 2. The highest BCUT2D eigenvalue weighted by atomic mass is 32.1. The van der Waals surface area contributed by atoms with Crippen molar-refractivity contribution in [3.8, 4) is 0 Å². The molecule has 35 heavy (non-hydrogen) atoms. The van der Waals surface area contributed by atoms with Gasteiger partial charge in [-0.3, -0.25) is 24.7 Å². The molecule has 0 aromatic carbocycles. The molecule has 1 fully saturated rings. The standard InChI is InChI=1S/C24H24N6O4S/c31-22(16-4-3-9-25-14-16)27-23-21(18-5-1-2-6-19(18)35-23)24(32)29-12-10-28(11-13-29)20-8-7-17(15-26-20)30(33)34/h3-4,7-9,14-15H,1-2,5-6,10-13H2,(H,27,31). The highest BCUT2D eigenvalue weighted by Gasteiger charge is 2.31. The topological polar surface area (TPSA) is 122 Å². The normalized spacial score (nSPS) is 15.4. The average molecular weight is 493 g/mol. The summed E-state index contributed by atoms with van der Waals surface area (Å²) in [6.45, 7) is 2.14. The fraction of sp³-hybridized carbons (Fsp3) is 0.333. The molecular formula is C24H24N6O4S. The van der Waals surface area contributed by atoms with Crippen molar-refractivity contribution in [1.82, 2.24) is 14.9 Å². The fourth-order valence-electron chi connectivity index (χ4n) is 4.52. The molecule has 10 nitrogen and oxygen atoms in total. The van der Waals surface area contributed by atoms with Gasteiger partial charge in [0.2, 0.25) is 0 Å². The number of anilines is 2. The van der Waals surface area contributed by atoms with Gasteiger partial charge in [-0.25, -0.2) is 4.98 Å². The van der Waals surface area contributed by atoms with Crippen LogP contribution in [0.1, 0.15) is 44.0 Å². The molecule has 11 heteroatoms. The maximum atomic E-state index is 13.7. The quantitative estimate of drug-likeness (QED) is 0.427. The second-order valence-corrected chi connectivity index (χ2v) is 9.63. The van der Waals surface area contributed by atoms with Crippen molar-refractivity contribution in [3.05, 3.63) is 74.5 Å². The molecule has 0 spiro atoms. The summed E-state index contributed by atoms with van der Waals surface area (Å²) in [5.74, 6) is 0.307. The van der Waals surface area contributed by atoms with Gasteiger partial charge in [0.1, 0.15) is 17.0 Å². The SMILES string of the molecule is O=C(Nc1sc2c(c1C(=O)N1CCN(c3ccc([N+](=O)[O-])cn3)CC1)CCCC2)c1cccnc1. The third-order valence-electron chi connectivity index (χ3n) is 6.37. The van der Waals surface area contributed by atoms with Gasteiger partial charge in [-0.2, -0.15) is 0 Å². The Hall–Kier alpha value is -3.86. The lowest BCUT2D eigenvalue weighted by Gasteiger charge is -2.35. The van der Waals surface area contributed by atoms with E-state index in [2.05, 4.69) is 15.3 Å². The number of pyridine rings is 2. The van der Waals surface area contributed by atoms with Crippen LogP contribution in [0, 0.1) is 10.1 Å². The first-order chi connectivity index (χ1) is 17.0. The summed E-state index contributed by atoms with van der Waals surface area (Å²) >= 11 is 1.50. The number of piperazine rings is 1. The molecule has 2 amide bonds. The second kappa shape index (κ2) is 9.79. The molecule has 0 radical (unpaired) electrons. The number of rotatable bonds is 5. The Morgan fingerprint density at radius 1 is 1.06 bits per heavy atom. The lowest BCUT2D eigenvalue weighted by Crippen LogP contribution is -2.49. The van der Waals surface area contributed by atoms with Gasteiger partial charge in [0.25, 0.3) is 17.5 Å². The Kier molecular flexibility index (Phi) is 6.41. The number of hydrogen-bond acceptors (Lipinski definition) is 8. The molecular weight excluding hydrogens is 468 g/mol. The molecule has 1 aliphatic carbocycles. The Balaban J connectivity index is 1.33. The van der Waals surface area contributed by atoms with Crippen LogP contribution in [0.4, 0.5) is 16.5 Å². The van der Waals surface area contributed by atoms with Gasteiger partial charge >= 0.3 is 0 Å². The van der Waals surface area contributed by atoms with E-state index in [9.17, 15) is 19.7 Å². The lowest BCUT2D eigenvalue weighted by molar-refractivity contribution is -0.385. The van der Waals surface area contributed by atoms with E-state index >= 15 is 0 Å². The van der Waals surface area contributed by atoms with Crippen molar-refractivity contribution in [2.75, 3.05) is 36.4 Å². The molecule has 180 valence electrons. The van der Waals surface area contributed by atoms with E-state index in [0.29, 0.717) is 48.1 Å². The molecule has 5 rings (SSSR count).